The molecule has 0 aliphatic rings. The standard InChI is InChI=1S/C15H24N2O2.C2H6/c1-4-8-12(11-15(18)19-5-2)17-14-10-7-6-9-13(14)16-3;1-2/h6-7,9-10,12,16-17H,4-5,8,11H2,1-3H3;1-2H3. The van der Waals surface area contributed by atoms with E-state index in [1.807, 2.05) is 52.1 Å². The van der Waals surface area contributed by atoms with Gasteiger partial charge in [-0.05, 0) is 25.5 Å². The van der Waals surface area contributed by atoms with Crippen LogP contribution in [0.3, 0.4) is 0 Å². The van der Waals surface area contributed by atoms with Gasteiger partial charge in [-0.15, -0.1) is 0 Å². The molecule has 0 saturated carbocycles. The topological polar surface area (TPSA) is 50.4 Å². The first-order valence-corrected chi connectivity index (χ1v) is 7.90. The molecule has 1 atom stereocenters. The highest BCUT2D eigenvalue weighted by atomic mass is 16.5. The summed E-state index contributed by atoms with van der Waals surface area (Å²) < 4.78 is 5.02. The molecule has 0 heterocycles. The highest BCUT2D eigenvalue weighted by Gasteiger charge is 2.14. The third-order valence-electron chi connectivity index (χ3n) is 2.91. The number of anilines is 2. The molecule has 0 aromatic heterocycles. The molecule has 1 rings (SSSR count). The lowest BCUT2D eigenvalue weighted by Crippen LogP contribution is -2.24. The highest BCUT2D eigenvalue weighted by molar-refractivity contribution is 5.73. The van der Waals surface area contributed by atoms with E-state index < -0.39 is 0 Å². The van der Waals surface area contributed by atoms with E-state index in [0.29, 0.717) is 13.0 Å². The average molecular weight is 294 g/mol. The first-order valence-electron chi connectivity index (χ1n) is 7.90. The van der Waals surface area contributed by atoms with Crippen LogP contribution >= 0.6 is 0 Å². The van der Waals surface area contributed by atoms with Gasteiger partial charge in [0.25, 0.3) is 0 Å². The van der Waals surface area contributed by atoms with Crippen molar-refractivity contribution in [3.05, 3.63) is 24.3 Å². The van der Waals surface area contributed by atoms with Gasteiger partial charge in [0.05, 0.1) is 24.4 Å². The van der Waals surface area contributed by atoms with E-state index in [1.165, 1.54) is 0 Å². The van der Waals surface area contributed by atoms with Gasteiger partial charge in [0.1, 0.15) is 0 Å². The monoisotopic (exact) mass is 294 g/mol. The summed E-state index contributed by atoms with van der Waals surface area (Å²) in [6.45, 7) is 8.38. The number of esters is 1. The molecule has 21 heavy (non-hydrogen) atoms. The lowest BCUT2D eigenvalue weighted by molar-refractivity contribution is -0.143. The van der Waals surface area contributed by atoms with E-state index in [1.54, 1.807) is 0 Å². The quantitative estimate of drug-likeness (QED) is 0.702. The van der Waals surface area contributed by atoms with E-state index in [-0.39, 0.29) is 12.0 Å². The van der Waals surface area contributed by atoms with E-state index >= 15 is 0 Å². The first-order chi connectivity index (χ1) is 10.2. The Bertz CT molecular complexity index is 394. The Morgan fingerprint density at radius 1 is 1.19 bits per heavy atom. The van der Waals surface area contributed by atoms with Gasteiger partial charge >= 0.3 is 5.97 Å². The van der Waals surface area contributed by atoms with Crippen molar-refractivity contribution in [2.75, 3.05) is 24.3 Å². The molecule has 0 saturated heterocycles. The maximum absolute atomic E-state index is 11.6. The Morgan fingerprint density at radius 2 is 1.81 bits per heavy atom. The fourth-order valence-corrected chi connectivity index (χ4v) is 2.04. The van der Waals surface area contributed by atoms with Crippen molar-refractivity contribution >= 4 is 17.3 Å². The van der Waals surface area contributed by atoms with Crippen LogP contribution in [0.15, 0.2) is 24.3 Å². The number of hydrogen-bond donors (Lipinski definition) is 2. The minimum Gasteiger partial charge on any atom is -0.466 e. The molecule has 120 valence electrons. The van der Waals surface area contributed by atoms with Crippen molar-refractivity contribution in [1.82, 2.24) is 0 Å². The molecule has 1 aromatic carbocycles. The predicted octanol–water partition coefficient (Wildman–Crippen LogP) is 4.29. The van der Waals surface area contributed by atoms with Gasteiger partial charge in [0.2, 0.25) is 0 Å². The number of ether oxygens (including phenoxy) is 1. The number of rotatable bonds is 8. The molecule has 4 nitrogen and oxygen atoms in total. The lowest BCUT2D eigenvalue weighted by Gasteiger charge is -2.20. The van der Waals surface area contributed by atoms with Gasteiger partial charge < -0.3 is 15.4 Å². The van der Waals surface area contributed by atoms with Gasteiger partial charge in [-0.25, -0.2) is 0 Å². The van der Waals surface area contributed by atoms with Crippen molar-refractivity contribution in [2.24, 2.45) is 0 Å². The average Bonchev–Trinajstić information content (AvgIpc) is 2.50. The largest absolute Gasteiger partial charge is 0.466 e. The zero-order valence-corrected chi connectivity index (χ0v) is 14.0. The zero-order valence-electron chi connectivity index (χ0n) is 14.0. The summed E-state index contributed by atoms with van der Waals surface area (Å²) in [7, 11) is 1.89. The zero-order chi connectivity index (χ0) is 16.1. The summed E-state index contributed by atoms with van der Waals surface area (Å²) in [5, 5.41) is 6.57. The normalized spacial score (nSPS) is 10.9. The van der Waals surface area contributed by atoms with Crippen molar-refractivity contribution in [3.8, 4) is 0 Å². The molecule has 1 unspecified atom stereocenters. The second-order valence-electron chi connectivity index (χ2n) is 4.43. The fourth-order valence-electron chi connectivity index (χ4n) is 2.04. The molecular formula is C17H30N2O2. The smallest absolute Gasteiger partial charge is 0.307 e. The summed E-state index contributed by atoms with van der Waals surface area (Å²) in [5.74, 6) is -0.143. The summed E-state index contributed by atoms with van der Waals surface area (Å²) in [6.07, 6.45) is 2.37. The molecule has 0 aliphatic heterocycles. The molecule has 4 heteroatoms. The predicted molar refractivity (Wildman–Crippen MR) is 90.9 cm³/mol. The molecule has 0 spiro atoms. The molecular weight excluding hydrogens is 264 g/mol. The first kappa shape index (κ1) is 19.3. The lowest BCUT2D eigenvalue weighted by atomic mass is 10.1. The van der Waals surface area contributed by atoms with Crippen LogP contribution in [0.4, 0.5) is 11.4 Å². The molecule has 0 radical (unpaired) electrons. The Labute approximate surface area is 129 Å². The Morgan fingerprint density at radius 3 is 2.33 bits per heavy atom. The minimum absolute atomic E-state index is 0.110. The highest BCUT2D eigenvalue weighted by Crippen LogP contribution is 2.22. The summed E-state index contributed by atoms with van der Waals surface area (Å²) in [5.41, 5.74) is 2.06. The SMILES string of the molecule is CC.CCCC(CC(=O)OCC)Nc1ccccc1NC. The van der Waals surface area contributed by atoms with Gasteiger partial charge in [-0.2, -0.15) is 0 Å². The van der Waals surface area contributed by atoms with E-state index in [0.717, 1.165) is 24.2 Å². The Kier molecular flexibility index (Phi) is 11.1. The summed E-state index contributed by atoms with van der Waals surface area (Å²) in [6, 6.07) is 8.10. The van der Waals surface area contributed by atoms with Crippen LogP contribution < -0.4 is 10.6 Å². The van der Waals surface area contributed by atoms with Gasteiger partial charge in [0.15, 0.2) is 0 Å². The van der Waals surface area contributed by atoms with E-state index in [4.69, 9.17) is 4.74 Å². The molecule has 2 N–H and O–H groups in total. The molecule has 1 aromatic rings. The van der Waals surface area contributed by atoms with E-state index in [9.17, 15) is 4.79 Å². The van der Waals surface area contributed by atoms with Crippen molar-refractivity contribution in [2.45, 2.75) is 53.0 Å². The van der Waals surface area contributed by atoms with Gasteiger partial charge in [-0.3, -0.25) is 4.79 Å². The summed E-state index contributed by atoms with van der Waals surface area (Å²) >= 11 is 0. The number of benzene rings is 1. The van der Waals surface area contributed by atoms with Crippen molar-refractivity contribution in [1.29, 1.82) is 0 Å². The minimum atomic E-state index is -0.143. The molecule has 0 aliphatic carbocycles. The number of nitrogens with one attached hydrogen (secondary N) is 2. The van der Waals surface area contributed by atoms with Crippen LogP contribution in [-0.2, 0) is 9.53 Å². The number of carbonyl (C=O) groups is 1. The number of hydrogen-bond acceptors (Lipinski definition) is 4. The van der Waals surface area contributed by atoms with Crippen LogP contribution in [0.2, 0.25) is 0 Å². The van der Waals surface area contributed by atoms with Crippen LogP contribution in [0.25, 0.3) is 0 Å². The fraction of sp³-hybridized carbons (Fsp3) is 0.588. The maximum Gasteiger partial charge on any atom is 0.307 e. The van der Waals surface area contributed by atoms with Crippen LogP contribution in [0, 0.1) is 0 Å². The van der Waals surface area contributed by atoms with Crippen molar-refractivity contribution in [3.63, 3.8) is 0 Å². The van der Waals surface area contributed by atoms with Crippen LogP contribution in [0.1, 0.15) is 47.0 Å². The Hall–Kier alpha value is -1.71. The number of para-hydroxylation sites is 2. The third kappa shape index (κ3) is 7.59. The number of carbonyl (C=O) groups excluding carboxylic acids is 1. The van der Waals surface area contributed by atoms with Crippen molar-refractivity contribution < 1.29 is 9.53 Å². The third-order valence-corrected chi connectivity index (χ3v) is 2.91. The van der Waals surface area contributed by atoms with Gasteiger partial charge in [0, 0.05) is 13.1 Å². The van der Waals surface area contributed by atoms with Gasteiger partial charge in [-0.1, -0.05) is 39.3 Å². The molecule has 0 amide bonds. The van der Waals surface area contributed by atoms with E-state index in [2.05, 4.69) is 17.6 Å². The molecule has 0 bridgehead atoms. The Balaban J connectivity index is 0.00000191. The van der Waals surface area contributed by atoms with Crippen LogP contribution in [-0.4, -0.2) is 25.7 Å². The second-order valence-corrected chi connectivity index (χ2v) is 4.43. The summed E-state index contributed by atoms with van der Waals surface area (Å²) in [4.78, 5) is 11.6. The molecule has 0 fully saturated rings. The second kappa shape index (κ2) is 12.1. The maximum atomic E-state index is 11.6. The van der Waals surface area contributed by atoms with Crippen LogP contribution in [0.5, 0.6) is 0 Å².